The summed E-state index contributed by atoms with van der Waals surface area (Å²) < 4.78 is 23.6. The number of thioether (sulfide) groups is 2. The average Bonchev–Trinajstić information content (AvgIpc) is 3.19. The number of hydrogen-bond acceptors (Lipinski definition) is 9. The van der Waals surface area contributed by atoms with Crippen LogP contribution in [0.4, 0.5) is 0 Å². The minimum absolute atomic E-state index is 0.0248. The van der Waals surface area contributed by atoms with Crippen molar-refractivity contribution in [3.63, 3.8) is 0 Å². The predicted octanol–water partition coefficient (Wildman–Crippen LogP) is 11.3. The molecule has 0 spiro atoms. The first-order valence-electron chi connectivity index (χ1n) is 19.2. The number of hydrogen-bond donors (Lipinski definition) is 1. The molecular formula is C47H52O7S2. The molecule has 2 aromatic heterocycles. The monoisotopic (exact) mass is 792 g/mol. The second-order valence-electron chi connectivity index (χ2n) is 16.1. The van der Waals surface area contributed by atoms with Gasteiger partial charge in [-0.1, -0.05) is 138 Å². The van der Waals surface area contributed by atoms with Crippen LogP contribution in [0.5, 0.6) is 0 Å². The number of ether oxygens (including phenoxy) is 2. The van der Waals surface area contributed by atoms with Crippen molar-refractivity contribution in [3.8, 4) is 0 Å². The first kappa shape index (κ1) is 41.5. The van der Waals surface area contributed by atoms with E-state index in [9.17, 15) is 14.7 Å². The molecule has 7 nitrogen and oxygen atoms in total. The maximum Gasteiger partial charge on any atom is 0.199 e. The molecule has 56 heavy (non-hydrogen) atoms. The second-order valence-corrected chi connectivity index (χ2v) is 18.0. The van der Waals surface area contributed by atoms with Crippen molar-refractivity contribution in [2.24, 2.45) is 0 Å². The number of rotatable bonds is 10. The van der Waals surface area contributed by atoms with E-state index >= 15 is 0 Å². The van der Waals surface area contributed by atoms with Crippen molar-refractivity contribution in [3.05, 3.63) is 151 Å². The zero-order valence-electron chi connectivity index (χ0n) is 33.2. The molecule has 6 aromatic rings. The molecule has 1 aliphatic rings. The van der Waals surface area contributed by atoms with Gasteiger partial charge in [0.05, 0.1) is 35.1 Å². The highest BCUT2D eigenvalue weighted by Crippen LogP contribution is 2.32. The Bertz CT molecular complexity index is 2340. The fourth-order valence-electron chi connectivity index (χ4n) is 6.33. The van der Waals surface area contributed by atoms with E-state index in [-0.39, 0.29) is 41.2 Å². The summed E-state index contributed by atoms with van der Waals surface area (Å²) in [6.07, 6.45) is 2.76. The van der Waals surface area contributed by atoms with Crippen molar-refractivity contribution in [1.29, 1.82) is 0 Å². The summed E-state index contributed by atoms with van der Waals surface area (Å²) in [6.45, 7) is 13.8. The number of benzene rings is 4. The standard InChI is InChI=1S/C26H30O4S.C21H22O3S/c1-26(2,3)19-13-11-18(12-14-19)17-31-25-21(16-29-23-10-6-7-15-28-23)24(27)20-8-4-5-9-22(20)30-25;1-21(2,3)15-10-8-14(9-11-15)13-25-20-17(12-22)19(23)16-6-4-5-7-18(16)24-20/h4-5,8-9,11-14,23H,6-7,10,15-17H2,1-3H3;4-11,22H,12-13H2,1-3H3. The maximum atomic E-state index is 13.2. The minimum atomic E-state index is -0.321. The van der Waals surface area contributed by atoms with Gasteiger partial charge in [0.1, 0.15) is 11.2 Å². The zero-order valence-corrected chi connectivity index (χ0v) is 34.8. The van der Waals surface area contributed by atoms with Gasteiger partial charge in [-0.2, -0.15) is 0 Å². The quantitative estimate of drug-likeness (QED) is 0.136. The van der Waals surface area contributed by atoms with Crippen molar-refractivity contribution in [2.75, 3.05) is 6.61 Å². The topological polar surface area (TPSA) is 99.1 Å². The van der Waals surface area contributed by atoms with Crippen LogP contribution < -0.4 is 10.9 Å². The van der Waals surface area contributed by atoms with Crippen LogP contribution in [0, 0.1) is 0 Å². The molecule has 1 saturated heterocycles. The maximum absolute atomic E-state index is 13.2. The smallest absolute Gasteiger partial charge is 0.199 e. The molecule has 9 heteroatoms. The van der Waals surface area contributed by atoms with E-state index in [1.54, 1.807) is 36.0 Å². The molecule has 294 valence electrons. The van der Waals surface area contributed by atoms with Crippen LogP contribution in [0.1, 0.15) is 94.2 Å². The van der Waals surface area contributed by atoms with Gasteiger partial charge in [-0.3, -0.25) is 9.59 Å². The molecule has 1 aliphatic heterocycles. The van der Waals surface area contributed by atoms with Crippen molar-refractivity contribution in [2.45, 2.75) is 113 Å². The molecule has 1 unspecified atom stereocenters. The fourth-order valence-corrected chi connectivity index (χ4v) is 8.27. The summed E-state index contributed by atoms with van der Waals surface area (Å²) in [4.78, 5) is 25.7. The van der Waals surface area contributed by atoms with Crippen LogP contribution in [0.15, 0.2) is 126 Å². The average molecular weight is 793 g/mol. The third-order valence-corrected chi connectivity index (χ3v) is 11.9. The van der Waals surface area contributed by atoms with E-state index in [1.165, 1.54) is 28.5 Å². The van der Waals surface area contributed by atoms with Gasteiger partial charge < -0.3 is 23.4 Å². The third-order valence-electron chi connectivity index (χ3n) is 9.80. The van der Waals surface area contributed by atoms with Crippen molar-refractivity contribution < 1.29 is 23.4 Å². The van der Waals surface area contributed by atoms with E-state index < -0.39 is 0 Å². The first-order chi connectivity index (χ1) is 26.8. The Morgan fingerprint density at radius 2 is 1.11 bits per heavy atom. The third kappa shape index (κ3) is 10.4. The lowest BCUT2D eigenvalue weighted by Crippen LogP contribution is -2.23. The lowest BCUT2D eigenvalue weighted by atomic mass is 9.87. The first-order valence-corrected chi connectivity index (χ1v) is 21.2. The van der Waals surface area contributed by atoms with E-state index in [0.29, 0.717) is 55.6 Å². The minimum Gasteiger partial charge on any atom is -0.449 e. The molecule has 0 amide bonds. The zero-order chi connectivity index (χ0) is 39.9. The van der Waals surface area contributed by atoms with Gasteiger partial charge in [-0.25, -0.2) is 0 Å². The van der Waals surface area contributed by atoms with E-state index in [2.05, 4.69) is 90.1 Å². The summed E-state index contributed by atoms with van der Waals surface area (Å²) >= 11 is 2.98. The number of fused-ring (bicyclic) bond motifs is 2. The van der Waals surface area contributed by atoms with Crippen molar-refractivity contribution >= 4 is 45.5 Å². The lowest BCUT2D eigenvalue weighted by molar-refractivity contribution is -0.169. The van der Waals surface area contributed by atoms with E-state index in [0.717, 1.165) is 30.6 Å². The normalized spacial score (nSPS) is 14.8. The summed E-state index contributed by atoms with van der Waals surface area (Å²) in [5.41, 5.74) is 7.07. The highest BCUT2D eigenvalue weighted by molar-refractivity contribution is 7.98. The molecule has 7 rings (SSSR count). The SMILES string of the molecule is CC(C)(C)c1ccc(CSc2oc3ccccc3c(=O)c2CO)cc1.CC(C)(C)c1ccc(CSc2oc3ccccc3c(=O)c2COC2CCCCO2)cc1. The largest absolute Gasteiger partial charge is 0.449 e. The van der Waals surface area contributed by atoms with Crippen LogP contribution >= 0.6 is 23.5 Å². The van der Waals surface area contributed by atoms with E-state index in [1.807, 2.05) is 24.3 Å². The Kier molecular flexibility index (Phi) is 13.7. The summed E-state index contributed by atoms with van der Waals surface area (Å²) in [7, 11) is 0. The molecule has 1 fully saturated rings. The summed E-state index contributed by atoms with van der Waals surface area (Å²) in [5, 5.41) is 11.8. The molecule has 0 radical (unpaired) electrons. The molecule has 0 saturated carbocycles. The highest BCUT2D eigenvalue weighted by Gasteiger charge is 2.21. The fraction of sp³-hybridized carbons (Fsp3) is 0.362. The molecule has 4 aromatic carbocycles. The van der Waals surface area contributed by atoms with Gasteiger partial charge in [0.15, 0.2) is 27.3 Å². The van der Waals surface area contributed by atoms with Gasteiger partial charge in [0.2, 0.25) is 0 Å². The highest BCUT2D eigenvalue weighted by atomic mass is 32.2. The van der Waals surface area contributed by atoms with Crippen LogP contribution in [0.3, 0.4) is 0 Å². The molecule has 1 atom stereocenters. The van der Waals surface area contributed by atoms with Gasteiger partial charge in [-0.05, 0) is 76.6 Å². The Morgan fingerprint density at radius 3 is 1.55 bits per heavy atom. The summed E-state index contributed by atoms with van der Waals surface area (Å²) in [6, 6.07) is 31.7. The molecule has 1 N–H and O–H groups in total. The Balaban J connectivity index is 0.000000194. The molecule has 3 heterocycles. The van der Waals surface area contributed by atoms with Crippen LogP contribution in [-0.4, -0.2) is 18.0 Å². The molecule has 0 bridgehead atoms. The van der Waals surface area contributed by atoms with Gasteiger partial charge in [0, 0.05) is 18.1 Å². The predicted molar refractivity (Wildman–Crippen MR) is 229 cm³/mol. The Morgan fingerprint density at radius 1 is 0.643 bits per heavy atom. The molecular weight excluding hydrogens is 741 g/mol. The van der Waals surface area contributed by atoms with Crippen molar-refractivity contribution in [1.82, 2.24) is 0 Å². The van der Waals surface area contributed by atoms with Gasteiger partial charge in [-0.15, -0.1) is 0 Å². The Labute approximate surface area is 337 Å². The van der Waals surface area contributed by atoms with Crippen LogP contribution in [0.25, 0.3) is 21.9 Å². The summed E-state index contributed by atoms with van der Waals surface area (Å²) in [5.74, 6) is 1.40. The van der Waals surface area contributed by atoms with Gasteiger partial charge in [0.25, 0.3) is 0 Å². The van der Waals surface area contributed by atoms with Gasteiger partial charge >= 0.3 is 0 Å². The Hall–Kier alpha value is -4.12. The van der Waals surface area contributed by atoms with Crippen LogP contribution in [-0.2, 0) is 45.0 Å². The number of aliphatic hydroxyl groups excluding tert-OH is 1. The number of aliphatic hydroxyl groups is 1. The second kappa shape index (κ2) is 18.4. The molecule has 0 aliphatic carbocycles. The van der Waals surface area contributed by atoms with Crippen LogP contribution in [0.2, 0.25) is 0 Å². The number of para-hydroxylation sites is 2. The lowest BCUT2D eigenvalue weighted by Gasteiger charge is -2.23. The van der Waals surface area contributed by atoms with E-state index in [4.69, 9.17) is 18.3 Å².